The molecule has 0 unspecified atom stereocenters. The summed E-state index contributed by atoms with van der Waals surface area (Å²) in [5.41, 5.74) is 2.78. The topological polar surface area (TPSA) is 32.3 Å². The second-order valence-electron chi connectivity index (χ2n) is 3.98. The molecule has 0 aliphatic rings. The first-order valence-electron chi connectivity index (χ1n) is 5.43. The lowest BCUT2D eigenvalue weighted by molar-refractivity contribution is 0.475. The van der Waals surface area contributed by atoms with E-state index in [2.05, 4.69) is 5.32 Å². The molecule has 2 N–H and O–H groups in total. The summed E-state index contributed by atoms with van der Waals surface area (Å²) in [6.45, 7) is 2.47. The summed E-state index contributed by atoms with van der Waals surface area (Å²) in [5.74, 6) is 0.0190. The standard InChI is InChI=1S/C14H14FNO/c1-10-7-13(17)5-6-14(10)16-9-11-3-2-4-12(15)8-11/h2-8,16-17H,9H2,1H3. The number of benzene rings is 2. The first-order valence-corrected chi connectivity index (χ1v) is 5.43. The van der Waals surface area contributed by atoms with E-state index in [1.165, 1.54) is 12.1 Å². The van der Waals surface area contributed by atoms with Gasteiger partial charge in [-0.1, -0.05) is 12.1 Å². The number of hydrogen-bond donors (Lipinski definition) is 2. The van der Waals surface area contributed by atoms with Crippen molar-refractivity contribution in [3.63, 3.8) is 0 Å². The number of anilines is 1. The first kappa shape index (κ1) is 11.5. The Morgan fingerprint density at radius 2 is 2.00 bits per heavy atom. The smallest absolute Gasteiger partial charge is 0.123 e. The van der Waals surface area contributed by atoms with Crippen LogP contribution in [0.4, 0.5) is 10.1 Å². The summed E-state index contributed by atoms with van der Waals surface area (Å²) in [4.78, 5) is 0. The molecule has 0 bridgehead atoms. The molecular weight excluding hydrogens is 217 g/mol. The van der Waals surface area contributed by atoms with Crippen molar-refractivity contribution in [2.75, 3.05) is 5.32 Å². The van der Waals surface area contributed by atoms with Crippen molar-refractivity contribution in [2.45, 2.75) is 13.5 Å². The van der Waals surface area contributed by atoms with E-state index in [0.29, 0.717) is 6.54 Å². The van der Waals surface area contributed by atoms with Crippen LogP contribution in [0.1, 0.15) is 11.1 Å². The summed E-state index contributed by atoms with van der Waals surface area (Å²) in [7, 11) is 0. The van der Waals surface area contributed by atoms with Gasteiger partial charge < -0.3 is 10.4 Å². The minimum Gasteiger partial charge on any atom is -0.508 e. The van der Waals surface area contributed by atoms with Crippen LogP contribution in [0.15, 0.2) is 42.5 Å². The normalized spacial score (nSPS) is 10.2. The Hall–Kier alpha value is -2.03. The Bertz CT molecular complexity index is 525. The zero-order valence-corrected chi connectivity index (χ0v) is 9.57. The van der Waals surface area contributed by atoms with Crippen molar-refractivity contribution in [1.29, 1.82) is 0 Å². The Kier molecular flexibility index (Phi) is 3.28. The van der Waals surface area contributed by atoms with Gasteiger partial charge in [-0.05, 0) is 48.4 Å². The Morgan fingerprint density at radius 3 is 2.71 bits per heavy atom. The molecule has 0 radical (unpaired) electrons. The third-order valence-electron chi connectivity index (χ3n) is 2.58. The minimum atomic E-state index is -0.230. The molecule has 0 atom stereocenters. The quantitative estimate of drug-likeness (QED) is 0.793. The van der Waals surface area contributed by atoms with Crippen LogP contribution in [0.25, 0.3) is 0 Å². The molecule has 0 saturated carbocycles. The number of rotatable bonds is 3. The highest BCUT2D eigenvalue weighted by Gasteiger charge is 2.00. The van der Waals surface area contributed by atoms with Crippen molar-refractivity contribution in [1.82, 2.24) is 0 Å². The molecule has 0 aliphatic heterocycles. The number of phenols is 1. The maximum Gasteiger partial charge on any atom is 0.123 e. The van der Waals surface area contributed by atoms with E-state index in [0.717, 1.165) is 16.8 Å². The van der Waals surface area contributed by atoms with Gasteiger partial charge in [0, 0.05) is 12.2 Å². The van der Waals surface area contributed by atoms with E-state index in [-0.39, 0.29) is 11.6 Å². The highest BCUT2D eigenvalue weighted by molar-refractivity contribution is 5.53. The fourth-order valence-electron chi connectivity index (χ4n) is 1.69. The molecule has 0 amide bonds. The van der Waals surface area contributed by atoms with Gasteiger partial charge >= 0.3 is 0 Å². The number of phenolic OH excluding ortho intramolecular Hbond substituents is 1. The maximum atomic E-state index is 13.0. The van der Waals surface area contributed by atoms with Gasteiger partial charge in [0.2, 0.25) is 0 Å². The summed E-state index contributed by atoms with van der Waals surface area (Å²) in [6.07, 6.45) is 0. The van der Waals surface area contributed by atoms with Crippen LogP contribution in [-0.4, -0.2) is 5.11 Å². The van der Waals surface area contributed by atoms with Gasteiger partial charge in [-0.25, -0.2) is 4.39 Å². The average molecular weight is 231 g/mol. The van der Waals surface area contributed by atoms with E-state index in [1.54, 1.807) is 18.2 Å². The molecule has 0 aromatic heterocycles. The van der Waals surface area contributed by atoms with Gasteiger partial charge in [0.25, 0.3) is 0 Å². The predicted molar refractivity (Wildman–Crippen MR) is 66.6 cm³/mol. The molecule has 0 aliphatic carbocycles. The van der Waals surface area contributed by atoms with E-state index in [1.807, 2.05) is 19.1 Å². The SMILES string of the molecule is Cc1cc(O)ccc1NCc1cccc(F)c1. The molecule has 2 rings (SSSR count). The molecular formula is C14H14FNO. The molecule has 2 aromatic rings. The lowest BCUT2D eigenvalue weighted by atomic mass is 10.1. The highest BCUT2D eigenvalue weighted by Crippen LogP contribution is 2.20. The fraction of sp³-hybridized carbons (Fsp3) is 0.143. The van der Waals surface area contributed by atoms with E-state index in [9.17, 15) is 9.50 Å². The predicted octanol–water partition coefficient (Wildman–Crippen LogP) is 3.45. The Balaban J connectivity index is 2.07. The van der Waals surface area contributed by atoms with E-state index < -0.39 is 0 Å². The van der Waals surface area contributed by atoms with Crippen molar-refractivity contribution < 1.29 is 9.50 Å². The third-order valence-corrected chi connectivity index (χ3v) is 2.58. The van der Waals surface area contributed by atoms with Gasteiger partial charge in [0.05, 0.1) is 0 Å². The third kappa shape index (κ3) is 2.97. The molecule has 2 aromatic carbocycles. The molecule has 17 heavy (non-hydrogen) atoms. The van der Waals surface area contributed by atoms with Gasteiger partial charge in [0.1, 0.15) is 11.6 Å². The zero-order chi connectivity index (χ0) is 12.3. The van der Waals surface area contributed by atoms with Gasteiger partial charge in [-0.15, -0.1) is 0 Å². The lowest BCUT2D eigenvalue weighted by Crippen LogP contribution is -2.01. The van der Waals surface area contributed by atoms with E-state index in [4.69, 9.17) is 0 Å². The maximum absolute atomic E-state index is 13.0. The van der Waals surface area contributed by atoms with Crippen LogP contribution in [0, 0.1) is 12.7 Å². The molecule has 3 heteroatoms. The minimum absolute atomic E-state index is 0.230. The monoisotopic (exact) mass is 231 g/mol. The van der Waals surface area contributed by atoms with Crippen LogP contribution < -0.4 is 5.32 Å². The van der Waals surface area contributed by atoms with Crippen LogP contribution in [0.5, 0.6) is 5.75 Å². The van der Waals surface area contributed by atoms with Crippen molar-refractivity contribution in [2.24, 2.45) is 0 Å². The highest BCUT2D eigenvalue weighted by atomic mass is 19.1. The average Bonchev–Trinajstić information content (AvgIpc) is 2.28. The second kappa shape index (κ2) is 4.87. The number of hydrogen-bond acceptors (Lipinski definition) is 2. The number of halogens is 1. The number of nitrogens with one attached hydrogen (secondary N) is 1. The molecule has 0 heterocycles. The van der Waals surface area contributed by atoms with Crippen molar-refractivity contribution in [3.8, 4) is 5.75 Å². The van der Waals surface area contributed by atoms with Crippen LogP contribution in [0.2, 0.25) is 0 Å². The first-order chi connectivity index (χ1) is 8.15. The molecule has 0 spiro atoms. The Morgan fingerprint density at radius 1 is 1.18 bits per heavy atom. The molecule has 0 fully saturated rings. The van der Waals surface area contributed by atoms with Crippen LogP contribution in [-0.2, 0) is 6.54 Å². The summed E-state index contributed by atoms with van der Waals surface area (Å²) in [6, 6.07) is 11.6. The van der Waals surface area contributed by atoms with Crippen molar-refractivity contribution >= 4 is 5.69 Å². The lowest BCUT2D eigenvalue weighted by Gasteiger charge is -2.09. The van der Waals surface area contributed by atoms with E-state index >= 15 is 0 Å². The van der Waals surface area contributed by atoms with Gasteiger partial charge in [-0.2, -0.15) is 0 Å². The molecule has 2 nitrogen and oxygen atoms in total. The summed E-state index contributed by atoms with van der Waals surface area (Å²) < 4.78 is 13.0. The van der Waals surface area contributed by atoms with Crippen molar-refractivity contribution in [3.05, 3.63) is 59.4 Å². The second-order valence-corrected chi connectivity index (χ2v) is 3.98. The van der Waals surface area contributed by atoms with Gasteiger partial charge in [-0.3, -0.25) is 0 Å². The zero-order valence-electron chi connectivity index (χ0n) is 9.57. The van der Waals surface area contributed by atoms with Gasteiger partial charge in [0.15, 0.2) is 0 Å². The Labute approximate surface area is 99.7 Å². The summed E-state index contributed by atoms with van der Waals surface area (Å²) >= 11 is 0. The van der Waals surface area contributed by atoms with Crippen LogP contribution >= 0.6 is 0 Å². The fourth-order valence-corrected chi connectivity index (χ4v) is 1.69. The number of aromatic hydroxyl groups is 1. The molecule has 0 saturated heterocycles. The van der Waals surface area contributed by atoms with Crippen LogP contribution in [0.3, 0.4) is 0 Å². The largest absolute Gasteiger partial charge is 0.508 e. The summed E-state index contributed by atoms with van der Waals surface area (Å²) in [5, 5.41) is 12.5. The number of aryl methyl sites for hydroxylation is 1. The molecule has 88 valence electrons.